The Labute approximate surface area is 112 Å². The first kappa shape index (κ1) is 13.4. The van der Waals surface area contributed by atoms with E-state index in [9.17, 15) is 8.42 Å². The molecule has 0 spiro atoms. The summed E-state index contributed by atoms with van der Waals surface area (Å²) >= 11 is 5.48. The van der Waals surface area contributed by atoms with Crippen LogP contribution in [0.2, 0.25) is 0 Å². The van der Waals surface area contributed by atoms with Gasteiger partial charge in [-0.25, -0.2) is 13.1 Å². The van der Waals surface area contributed by atoms with Crippen molar-refractivity contribution in [2.24, 2.45) is 0 Å². The summed E-state index contributed by atoms with van der Waals surface area (Å²) in [5, 5.41) is 0. The molecule has 84 valence electrons. The molecule has 6 heteroatoms. The third-order valence-electron chi connectivity index (χ3n) is 1.73. The lowest BCUT2D eigenvalue weighted by molar-refractivity contribution is 0.581. The highest BCUT2D eigenvalue weighted by Gasteiger charge is 2.12. The van der Waals surface area contributed by atoms with Crippen LogP contribution in [0.1, 0.15) is 6.42 Å². The monoisotopic (exact) mass is 403 g/mol. The molecule has 3 nitrogen and oxygen atoms in total. The highest BCUT2D eigenvalue weighted by molar-refractivity contribution is 14.1. The lowest BCUT2D eigenvalue weighted by Crippen LogP contribution is -2.24. The smallest absolute Gasteiger partial charge is 0.211 e. The van der Waals surface area contributed by atoms with Crippen molar-refractivity contribution in [2.75, 3.05) is 11.0 Å². The molecule has 0 amide bonds. The number of benzene rings is 1. The number of sulfonamides is 1. The second-order valence-electron chi connectivity index (χ2n) is 2.89. The molecule has 0 bridgehead atoms. The quantitative estimate of drug-likeness (QED) is 0.466. The molecule has 0 aliphatic carbocycles. The molecule has 1 aromatic rings. The van der Waals surface area contributed by atoms with Crippen LogP contribution in [-0.2, 0) is 10.0 Å². The highest BCUT2D eigenvalue weighted by Crippen LogP contribution is 2.14. The van der Waals surface area contributed by atoms with Gasteiger partial charge in [0.2, 0.25) is 10.0 Å². The van der Waals surface area contributed by atoms with Gasteiger partial charge in [0.25, 0.3) is 0 Å². The minimum atomic E-state index is -3.32. The van der Waals surface area contributed by atoms with Crippen molar-refractivity contribution in [2.45, 2.75) is 11.3 Å². The van der Waals surface area contributed by atoms with E-state index in [4.69, 9.17) is 0 Å². The average Bonchev–Trinajstić information content (AvgIpc) is 2.18. The van der Waals surface area contributed by atoms with Crippen molar-refractivity contribution in [1.29, 1.82) is 0 Å². The van der Waals surface area contributed by atoms with Crippen LogP contribution in [0.3, 0.4) is 0 Å². The van der Waals surface area contributed by atoms with Crippen molar-refractivity contribution >= 4 is 48.5 Å². The topological polar surface area (TPSA) is 46.2 Å². The summed E-state index contributed by atoms with van der Waals surface area (Å²) in [7, 11) is -3.32. The minimum absolute atomic E-state index is 0.305. The van der Waals surface area contributed by atoms with E-state index >= 15 is 0 Å². The molecule has 15 heavy (non-hydrogen) atoms. The molecule has 0 saturated carbocycles. The van der Waals surface area contributed by atoms with Gasteiger partial charge < -0.3 is 0 Å². The maximum Gasteiger partial charge on any atom is 0.240 e. The third kappa shape index (κ3) is 4.38. The lowest BCUT2D eigenvalue weighted by atomic mass is 10.4. The molecule has 1 rings (SSSR count). The molecule has 0 saturated heterocycles. The van der Waals surface area contributed by atoms with Gasteiger partial charge in [-0.2, -0.15) is 0 Å². The van der Waals surface area contributed by atoms with Gasteiger partial charge in [0, 0.05) is 15.4 Å². The van der Waals surface area contributed by atoms with Gasteiger partial charge in [0.05, 0.1) is 4.90 Å². The summed E-state index contributed by atoms with van der Waals surface area (Å²) in [6, 6.07) is 6.59. The highest BCUT2D eigenvalue weighted by atomic mass is 127. The van der Waals surface area contributed by atoms with E-state index in [2.05, 4.69) is 43.2 Å². The molecule has 0 aliphatic heterocycles. The normalized spacial score (nSPS) is 11.6. The Bertz CT molecular complexity index is 405. The number of rotatable bonds is 5. The van der Waals surface area contributed by atoms with E-state index < -0.39 is 10.0 Å². The van der Waals surface area contributed by atoms with Crippen molar-refractivity contribution in [3.63, 3.8) is 0 Å². The number of hydrogen-bond acceptors (Lipinski definition) is 2. The van der Waals surface area contributed by atoms with Gasteiger partial charge in [0.1, 0.15) is 0 Å². The van der Waals surface area contributed by atoms with Crippen LogP contribution in [0.4, 0.5) is 0 Å². The fraction of sp³-hybridized carbons (Fsp3) is 0.333. The van der Waals surface area contributed by atoms with E-state index in [1.807, 2.05) is 0 Å². The maximum atomic E-state index is 11.7. The van der Waals surface area contributed by atoms with E-state index in [0.29, 0.717) is 11.4 Å². The number of halogens is 2. The molecule has 0 heterocycles. The predicted octanol–water partition coefficient (Wildman–Crippen LogP) is 2.55. The van der Waals surface area contributed by atoms with Gasteiger partial charge in [-0.3, -0.25) is 0 Å². The minimum Gasteiger partial charge on any atom is -0.211 e. The zero-order valence-corrected chi connectivity index (χ0v) is 12.5. The van der Waals surface area contributed by atoms with Crippen LogP contribution >= 0.6 is 38.5 Å². The van der Waals surface area contributed by atoms with Crippen LogP contribution in [-0.4, -0.2) is 19.4 Å². The maximum absolute atomic E-state index is 11.7. The lowest BCUT2D eigenvalue weighted by Gasteiger charge is -2.05. The summed E-state index contributed by atoms with van der Waals surface area (Å²) in [6.45, 7) is 0.487. The predicted molar refractivity (Wildman–Crippen MR) is 72.8 cm³/mol. The average molecular weight is 404 g/mol. The van der Waals surface area contributed by atoms with Gasteiger partial charge in [0.15, 0.2) is 0 Å². The molecule has 1 aromatic carbocycles. The first-order valence-electron chi connectivity index (χ1n) is 4.37. The van der Waals surface area contributed by atoms with E-state index in [1.165, 1.54) is 0 Å². The first-order chi connectivity index (χ1) is 7.06. The molecular formula is C9H11BrINO2S. The van der Waals surface area contributed by atoms with Gasteiger partial charge in [-0.15, -0.1) is 0 Å². The van der Waals surface area contributed by atoms with Crippen LogP contribution in [0.15, 0.2) is 33.6 Å². The molecule has 0 fully saturated rings. The van der Waals surface area contributed by atoms with Gasteiger partial charge >= 0.3 is 0 Å². The largest absolute Gasteiger partial charge is 0.240 e. The second-order valence-corrected chi connectivity index (χ2v) is 6.66. The summed E-state index contributed by atoms with van der Waals surface area (Å²) < 4.78 is 27.7. The zero-order valence-electron chi connectivity index (χ0n) is 7.91. The van der Waals surface area contributed by atoms with Crippen molar-refractivity contribution in [3.05, 3.63) is 28.7 Å². The summed E-state index contributed by atoms with van der Waals surface area (Å²) in [6.07, 6.45) is 0.844. The molecular weight excluding hydrogens is 393 g/mol. The fourth-order valence-electron chi connectivity index (χ4n) is 0.970. The standard InChI is InChI=1S/C9H11BrINO2S/c10-8-2-4-9(5-3-8)15(13,14)12-7-1-6-11/h2-5,12H,1,6-7H2. The molecule has 1 N–H and O–H groups in total. The summed E-state index contributed by atoms with van der Waals surface area (Å²) in [5.41, 5.74) is 0. The summed E-state index contributed by atoms with van der Waals surface area (Å²) in [5.74, 6) is 0. The van der Waals surface area contributed by atoms with E-state index in [-0.39, 0.29) is 0 Å². The van der Waals surface area contributed by atoms with Crippen LogP contribution < -0.4 is 4.72 Å². The molecule has 0 radical (unpaired) electrons. The van der Waals surface area contributed by atoms with Crippen LogP contribution in [0.25, 0.3) is 0 Å². The SMILES string of the molecule is O=S(=O)(NCCCI)c1ccc(Br)cc1. The Balaban J connectivity index is 2.73. The molecule has 0 aromatic heterocycles. The number of alkyl halides is 1. The number of nitrogens with one attached hydrogen (secondary N) is 1. The Morgan fingerprint density at radius 1 is 1.27 bits per heavy atom. The Kier molecular flexibility index (Phi) is 5.51. The third-order valence-corrected chi connectivity index (χ3v) is 4.49. The van der Waals surface area contributed by atoms with Crippen molar-refractivity contribution < 1.29 is 8.42 Å². The van der Waals surface area contributed by atoms with Crippen molar-refractivity contribution in [3.8, 4) is 0 Å². The first-order valence-corrected chi connectivity index (χ1v) is 8.17. The summed E-state index contributed by atoms with van der Waals surface area (Å²) in [4.78, 5) is 0.305. The van der Waals surface area contributed by atoms with E-state index in [1.54, 1.807) is 24.3 Å². The van der Waals surface area contributed by atoms with Crippen molar-refractivity contribution in [1.82, 2.24) is 4.72 Å². The van der Waals surface area contributed by atoms with Crippen LogP contribution in [0.5, 0.6) is 0 Å². The molecule has 0 atom stereocenters. The number of hydrogen-bond donors (Lipinski definition) is 1. The Morgan fingerprint density at radius 3 is 2.40 bits per heavy atom. The Morgan fingerprint density at radius 2 is 1.87 bits per heavy atom. The van der Waals surface area contributed by atoms with E-state index in [0.717, 1.165) is 15.3 Å². The molecule has 0 aliphatic rings. The zero-order chi connectivity index (χ0) is 11.3. The Hall–Kier alpha value is 0.340. The van der Waals surface area contributed by atoms with Gasteiger partial charge in [-0.05, 0) is 30.7 Å². The van der Waals surface area contributed by atoms with Gasteiger partial charge in [-0.1, -0.05) is 38.5 Å². The fourth-order valence-corrected chi connectivity index (χ4v) is 2.69. The molecule has 0 unspecified atom stereocenters. The second kappa shape index (κ2) is 6.17. The van der Waals surface area contributed by atoms with Crippen LogP contribution in [0, 0.1) is 0 Å².